The standard InChI is InChI=1S/C25H29NO3/c1-4-6-7-15-26-22(20-10-8-9-17(3)16-20)21(24(28)25(26)29)23(27)19-13-11-18(5-2)12-14-19/h8-14,16,22,27H,4-7,15H2,1-3H3/b23-21-. The minimum Gasteiger partial charge on any atom is -0.507 e. The molecule has 1 unspecified atom stereocenters. The van der Waals surface area contributed by atoms with Crippen LogP contribution >= 0.6 is 0 Å². The highest BCUT2D eigenvalue weighted by atomic mass is 16.3. The van der Waals surface area contributed by atoms with Gasteiger partial charge in [-0.1, -0.05) is 80.8 Å². The highest BCUT2D eigenvalue weighted by molar-refractivity contribution is 6.46. The van der Waals surface area contributed by atoms with Gasteiger partial charge in [0.05, 0.1) is 11.6 Å². The van der Waals surface area contributed by atoms with Crippen molar-refractivity contribution in [3.8, 4) is 0 Å². The van der Waals surface area contributed by atoms with Crippen molar-refractivity contribution in [2.75, 3.05) is 6.54 Å². The summed E-state index contributed by atoms with van der Waals surface area (Å²) in [5, 5.41) is 11.0. The summed E-state index contributed by atoms with van der Waals surface area (Å²) >= 11 is 0. The van der Waals surface area contributed by atoms with E-state index in [1.165, 1.54) is 0 Å². The van der Waals surface area contributed by atoms with Crippen molar-refractivity contribution in [3.05, 3.63) is 76.4 Å². The number of likely N-dealkylation sites (tertiary alicyclic amines) is 1. The predicted molar refractivity (Wildman–Crippen MR) is 116 cm³/mol. The Kier molecular flexibility index (Phi) is 6.53. The van der Waals surface area contributed by atoms with E-state index in [0.717, 1.165) is 42.4 Å². The van der Waals surface area contributed by atoms with Gasteiger partial charge in [-0.05, 0) is 30.9 Å². The van der Waals surface area contributed by atoms with Gasteiger partial charge < -0.3 is 10.0 Å². The van der Waals surface area contributed by atoms with Crippen LogP contribution in [0.3, 0.4) is 0 Å². The van der Waals surface area contributed by atoms with Gasteiger partial charge in [0.2, 0.25) is 0 Å². The number of carbonyl (C=O) groups excluding carboxylic acids is 2. The lowest BCUT2D eigenvalue weighted by molar-refractivity contribution is -0.139. The Morgan fingerprint density at radius 1 is 1.03 bits per heavy atom. The Morgan fingerprint density at radius 3 is 2.38 bits per heavy atom. The lowest BCUT2D eigenvalue weighted by atomic mass is 9.94. The number of rotatable bonds is 7. The third-order valence-corrected chi connectivity index (χ3v) is 5.54. The number of carbonyl (C=O) groups is 2. The van der Waals surface area contributed by atoms with E-state index >= 15 is 0 Å². The number of aryl methyl sites for hydroxylation is 2. The van der Waals surface area contributed by atoms with Crippen LogP contribution in [-0.4, -0.2) is 28.2 Å². The summed E-state index contributed by atoms with van der Waals surface area (Å²) in [6, 6.07) is 14.8. The molecule has 0 saturated carbocycles. The van der Waals surface area contributed by atoms with Crippen LogP contribution in [0.15, 0.2) is 54.1 Å². The van der Waals surface area contributed by atoms with Gasteiger partial charge in [-0.2, -0.15) is 0 Å². The molecule has 1 aliphatic rings. The SMILES string of the molecule is CCCCCN1C(=O)C(=O)/C(=C(\O)c2ccc(CC)cc2)C1c1cccc(C)c1. The zero-order valence-electron chi connectivity index (χ0n) is 17.4. The van der Waals surface area contributed by atoms with E-state index in [0.29, 0.717) is 12.1 Å². The molecule has 2 aromatic rings. The number of benzene rings is 2. The molecule has 0 radical (unpaired) electrons. The Balaban J connectivity index is 2.10. The third kappa shape index (κ3) is 4.26. The summed E-state index contributed by atoms with van der Waals surface area (Å²) in [5.41, 5.74) is 3.80. The van der Waals surface area contributed by atoms with E-state index in [9.17, 15) is 14.7 Å². The molecule has 4 heteroatoms. The molecule has 1 atom stereocenters. The normalized spacial score (nSPS) is 18.4. The molecule has 1 amide bonds. The fourth-order valence-electron chi connectivity index (χ4n) is 3.88. The number of Topliss-reactive ketones (excluding diaryl/α,β-unsaturated/α-hetero) is 1. The molecular weight excluding hydrogens is 362 g/mol. The van der Waals surface area contributed by atoms with Crippen molar-refractivity contribution < 1.29 is 14.7 Å². The van der Waals surface area contributed by atoms with Crippen LogP contribution in [0.1, 0.15) is 61.4 Å². The molecule has 0 aliphatic carbocycles. The number of aliphatic hydroxyl groups is 1. The monoisotopic (exact) mass is 391 g/mol. The average molecular weight is 392 g/mol. The van der Waals surface area contributed by atoms with E-state index in [4.69, 9.17) is 0 Å². The van der Waals surface area contributed by atoms with Crippen LogP contribution in [0.2, 0.25) is 0 Å². The van der Waals surface area contributed by atoms with Crippen molar-refractivity contribution in [2.24, 2.45) is 0 Å². The van der Waals surface area contributed by atoms with E-state index in [1.807, 2.05) is 55.5 Å². The summed E-state index contributed by atoms with van der Waals surface area (Å²) in [4.78, 5) is 27.4. The molecule has 1 saturated heterocycles. The lowest BCUT2D eigenvalue weighted by Gasteiger charge is -2.25. The first-order valence-electron chi connectivity index (χ1n) is 10.4. The number of aliphatic hydroxyl groups excluding tert-OH is 1. The summed E-state index contributed by atoms with van der Waals surface area (Å²) in [7, 11) is 0. The minimum absolute atomic E-state index is 0.101. The number of amides is 1. The Morgan fingerprint density at radius 2 is 1.76 bits per heavy atom. The van der Waals surface area contributed by atoms with Crippen LogP contribution in [0.25, 0.3) is 5.76 Å². The second-order valence-corrected chi connectivity index (χ2v) is 7.66. The zero-order valence-corrected chi connectivity index (χ0v) is 17.4. The maximum Gasteiger partial charge on any atom is 0.295 e. The molecule has 0 spiro atoms. The van der Waals surface area contributed by atoms with E-state index in [1.54, 1.807) is 4.90 Å². The topological polar surface area (TPSA) is 57.6 Å². The molecule has 3 rings (SSSR count). The van der Waals surface area contributed by atoms with Crippen LogP contribution in [0, 0.1) is 6.92 Å². The predicted octanol–water partition coefficient (Wildman–Crippen LogP) is 5.17. The molecule has 4 nitrogen and oxygen atoms in total. The smallest absolute Gasteiger partial charge is 0.295 e. The molecule has 0 aromatic heterocycles. The minimum atomic E-state index is -0.606. The maximum atomic E-state index is 12.9. The van der Waals surface area contributed by atoms with Crippen LogP contribution in [0.4, 0.5) is 0 Å². The van der Waals surface area contributed by atoms with Crippen LogP contribution < -0.4 is 0 Å². The van der Waals surface area contributed by atoms with E-state index in [-0.39, 0.29) is 11.3 Å². The van der Waals surface area contributed by atoms with Crippen molar-refractivity contribution in [1.29, 1.82) is 0 Å². The molecule has 1 fully saturated rings. The van der Waals surface area contributed by atoms with Gasteiger partial charge in [0, 0.05) is 12.1 Å². The van der Waals surface area contributed by atoms with Gasteiger partial charge in [-0.15, -0.1) is 0 Å². The van der Waals surface area contributed by atoms with E-state index < -0.39 is 17.7 Å². The molecule has 1 aliphatic heterocycles. The molecule has 1 heterocycles. The second-order valence-electron chi connectivity index (χ2n) is 7.66. The van der Waals surface area contributed by atoms with Gasteiger partial charge in [-0.3, -0.25) is 9.59 Å². The summed E-state index contributed by atoms with van der Waals surface area (Å²) < 4.78 is 0. The highest BCUT2D eigenvalue weighted by Crippen LogP contribution is 2.39. The fraction of sp³-hybridized carbons (Fsp3) is 0.360. The number of hydrogen-bond donors (Lipinski definition) is 1. The van der Waals surface area contributed by atoms with Gasteiger partial charge in [0.25, 0.3) is 11.7 Å². The van der Waals surface area contributed by atoms with Gasteiger partial charge in [0.1, 0.15) is 5.76 Å². The number of nitrogens with zero attached hydrogens (tertiary/aromatic N) is 1. The molecule has 1 N–H and O–H groups in total. The maximum absolute atomic E-state index is 12.9. The molecule has 152 valence electrons. The van der Waals surface area contributed by atoms with Crippen LogP contribution in [0.5, 0.6) is 0 Å². The quantitative estimate of drug-likeness (QED) is 0.307. The molecule has 29 heavy (non-hydrogen) atoms. The molecule has 2 aromatic carbocycles. The number of hydrogen-bond acceptors (Lipinski definition) is 3. The first-order valence-corrected chi connectivity index (χ1v) is 10.4. The van der Waals surface area contributed by atoms with Crippen LogP contribution in [-0.2, 0) is 16.0 Å². The van der Waals surface area contributed by atoms with Gasteiger partial charge >= 0.3 is 0 Å². The third-order valence-electron chi connectivity index (χ3n) is 5.54. The Bertz CT molecular complexity index is 927. The fourth-order valence-corrected chi connectivity index (χ4v) is 3.88. The van der Waals surface area contributed by atoms with Gasteiger partial charge in [0.15, 0.2) is 0 Å². The van der Waals surface area contributed by atoms with Crippen molar-refractivity contribution in [2.45, 2.75) is 52.5 Å². The van der Waals surface area contributed by atoms with E-state index in [2.05, 4.69) is 13.8 Å². The van der Waals surface area contributed by atoms with Crippen molar-refractivity contribution >= 4 is 17.4 Å². The molecule has 0 bridgehead atoms. The largest absolute Gasteiger partial charge is 0.507 e. The first kappa shape index (κ1) is 20.8. The van der Waals surface area contributed by atoms with Gasteiger partial charge in [-0.25, -0.2) is 0 Å². The average Bonchev–Trinajstić information content (AvgIpc) is 2.98. The first-order chi connectivity index (χ1) is 14.0. The van der Waals surface area contributed by atoms with Crippen molar-refractivity contribution in [3.63, 3.8) is 0 Å². The number of unbranched alkanes of at least 4 members (excludes halogenated alkanes) is 2. The Hall–Kier alpha value is -2.88. The summed E-state index contributed by atoms with van der Waals surface area (Å²) in [5.74, 6) is -1.24. The highest BCUT2D eigenvalue weighted by Gasteiger charge is 2.45. The number of ketones is 1. The lowest BCUT2D eigenvalue weighted by Crippen LogP contribution is -2.30. The van der Waals surface area contributed by atoms with Crippen molar-refractivity contribution in [1.82, 2.24) is 4.90 Å². The summed E-state index contributed by atoms with van der Waals surface area (Å²) in [6.07, 6.45) is 3.74. The molecular formula is C25H29NO3. The Labute approximate surface area is 172 Å². The second kappa shape index (κ2) is 9.08. The summed E-state index contributed by atoms with van der Waals surface area (Å²) in [6.45, 7) is 6.65. The zero-order chi connectivity index (χ0) is 21.0.